The van der Waals surface area contributed by atoms with Crippen LogP contribution >= 0.6 is 0 Å². The largest absolute Gasteiger partial charge is 0.462 e. The molecule has 0 aromatic heterocycles. The van der Waals surface area contributed by atoms with E-state index in [-0.39, 0.29) is 95.2 Å². The number of benzene rings is 2. The molecule has 276 valence electrons. The summed E-state index contributed by atoms with van der Waals surface area (Å²) in [6.07, 6.45) is 0.172. The summed E-state index contributed by atoms with van der Waals surface area (Å²) in [7, 11) is 0. The van der Waals surface area contributed by atoms with E-state index >= 15 is 0 Å². The van der Waals surface area contributed by atoms with Crippen LogP contribution in [0.1, 0.15) is 95.8 Å². The summed E-state index contributed by atoms with van der Waals surface area (Å²) in [5.74, 6) is -5.99. The Balaban J connectivity index is 1.65. The van der Waals surface area contributed by atoms with E-state index in [1.165, 1.54) is 38.1 Å². The zero-order valence-electron chi connectivity index (χ0n) is 30.3. The molecule has 0 aliphatic carbocycles. The first-order valence-electron chi connectivity index (χ1n) is 17.0. The van der Waals surface area contributed by atoms with Crippen LogP contribution in [0.2, 0.25) is 0 Å². The normalized spacial score (nSPS) is 14.8. The molecule has 0 fully saturated rings. The second-order valence-corrected chi connectivity index (χ2v) is 13.7. The van der Waals surface area contributed by atoms with Crippen LogP contribution in [0.25, 0.3) is 10.8 Å². The third-order valence-corrected chi connectivity index (χ3v) is 8.55. The number of ether oxygens (including phenoxy) is 2. The van der Waals surface area contributed by atoms with Crippen molar-refractivity contribution in [3.8, 4) is 0 Å². The van der Waals surface area contributed by atoms with E-state index in [2.05, 4.69) is 23.8 Å². The number of nitrogens with zero attached hydrogens (tertiary/aromatic N) is 2. The molecule has 2 atom stereocenters. The van der Waals surface area contributed by atoms with Crippen molar-refractivity contribution < 1.29 is 47.8 Å². The van der Waals surface area contributed by atoms with Gasteiger partial charge in [0.1, 0.15) is 25.3 Å². The number of carbonyl (C=O) groups excluding carboxylic acids is 8. The van der Waals surface area contributed by atoms with Gasteiger partial charge in [-0.05, 0) is 62.8 Å². The molecule has 2 aromatic carbocycles. The highest BCUT2D eigenvalue weighted by Crippen LogP contribution is 2.39. The van der Waals surface area contributed by atoms with E-state index < -0.39 is 59.5 Å². The van der Waals surface area contributed by atoms with Gasteiger partial charge in [0.2, 0.25) is 11.8 Å². The van der Waals surface area contributed by atoms with Crippen molar-refractivity contribution in [3.63, 3.8) is 0 Å². The van der Waals surface area contributed by atoms with E-state index in [0.29, 0.717) is 0 Å². The van der Waals surface area contributed by atoms with Gasteiger partial charge in [-0.2, -0.15) is 0 Å². The summed E-state index contributed by atoms with van der Waals surface area (Å²) < 4.78 is 10.8. The van der Waals surface area contributed by atoms with Gasteiger partial charge < -0.3 is 20.1 Å². The van der Waals surface area contributed by atoms with Crippen LogP contribution in [0.4, 0.5) is 0 Å². The van der Waals surface area contributed by atoms with E-state index in [0.717, 1.165) is 9.80 Å². The number of imide groups is 2. The third-order valence-electron chi connectivity index (χ3n) is 8.55. The van der Waals surface area contributed by atoms with Crippen molar-refractivity contribution in [1.82, 2.24) is 20.4 Å². The van der Waals surface area contributed by atoms with E-state index in [1.54, 1.807) is 0 Å². The monoisotopic (exact) mass is 716 g/mol. The zero-order valence-corrected chi connectivity index (χ0v) is 30.3. The molecule has 14 heteroatoms. The van der Waals surface area contributed by atoms with Crippen molar-refractivity contribution >= 4 is 58.2 Å². The van der Waals surface area contributed by atoms with E-state index in [4.69, 9.17) is 9.47 Å². The first-order chi connectivity index (χ1) is 24.5. The van der Waals surface area contributed by atoms with Crippen molar-refractivity contribution in [1.29, 1.82) is 0 Å². The van der Waals surface area contributed by atoms with Crippen LogP contribution in [0.3, 0.4) is 0 Å². The number of nitrogens with one attached hydrogen (secondary N) is 2. The summed E-state index contributed by atoms with van der Waals surface area (Å²) >= 11 is 0. The van der Waals surface area contributed by atoms with Crippen molar-refractivity contribution in [2.75, 3.05) is 26.3 Å². The average molecular weight is 717 g/mol. The SMILES string of the molecule is C=C(C)C(=O)NCCOC(=O)C(CC(C)C)N1C(=O)c2ccc3c4c(ccc(c24)C1=O)C(=O)N(C(CC(C)C)C(=O)OCCNC(=O)C(=C)C)C3=O. The molecule has 4 rings (SSSR count). The minimum absolute atomic E-state index is 0.00877. The number of hydrogen-bond acceptors (Lipinski definition) is 10. The summed E-state index contributed by atoms with van der Waals surface area (Å²) in [4.78, 5) is 108. The fourth-order valence-corrected chi connectivity index (χ4v) is 6.11. The Labute approximate surface area is 301 Å². The zero-order chi connectivity index (χ0) is 38.6. The fraction of sp³-hybridized carbons (Fsp3) is 0.421. The van der Waals surface area contributed by atoms with Crippen molar-refractivity contribution in [3.05, 3.63) is 70.8 Å². The lowest BCUT2D eigenvalue weighted by Gasteiger charge is -2.36. The van der Waals surface area contributed by atoms with Gasteiger partial charge in [-0.25, -0.2) is 9.59 Å². The van der Waals surface area contributed by atoms with Crippen LogP contribution in [0.5, 0.6) is 0 Å². The van der Waals surface area contributed by atoms with Crippen LogP contribution in [-0.4, -0.2) is 95.6 Å². The molecule has 52 heavy (non-hydrogen) atoms. The maximum absolute atomic E-state index is 14.1. The smallest absolute Gasteiger partial charge is 0.329 e. The maximum Gasteiger partial charge on any atom is 0.329 e. The molecule has 0 spiro atoms. The van der Waals surface area contributed by atoms with Gasteiger partial charge in [-0.15, -0.1) is 0 Å². The molecule has 2 aliphatic heterocycles. The van der Waals surface area contributed by atoms with Gasteiger partial charge >= 0.3 is 11.9 Å². The van der Waals surface area contributed by atoms with Gasteiger partial charge in [-0.3, -0.25) is 38.6 Å². The molecule has 0 bridgehead atoms. The van der Waals surface area contributed by atoms with Gasteiger partial charge in [0.25, 0.3) is 23.6 Å². The Bertz CT molecular complexity index is 1690. The van der Waals surface area contributed by atoms with Gasteiger partial charge in [0.05, 0.1) is 13.1 Å². The van der Waals surface area contributed by atoms with E-state index in [1.807, 2.05) is 27.7 Å². The quantitative estimate of drug-likeness (QED) is 0.113. The molecule has 2 N–H and O–H groups in total. The lowest BCUT2D eigenvalue weighted by molar-refractivity contribution is -0.149. The number of hydrogen-bond donors (Lipinski definition) is 2. The topological polar surface area (TPSA) is 186 Å². The lowest BCUT2D eigenvalue weighted by atomic mass is 9.84. The Morgan fingerprint density at radius 3 is 1.13 bits per heavy atom. The molecule has 0 radical (unpaired) electrons. The van der Waals surface area contributed by atoms with Crippen LogP contribution in [0.15, 0.2) is 48.6 Å². The third kappa shape index (κ3) is 7.95. The minimum Gasteiger partial charge on any atom is -0.462 e. The fourth-order valence-electron chi connectivity index (χ4n) is 6.11. The average Bonchev–Trinajstić information content (AvgIpc) is 3.08. The van der Waals surface area contributed by atoms with Gasteiger partial charge in [0.15, 0.2) is 0 Å². The Kier molecular flexibility index (Phi) is 12.1. The van der Waals surface area contributed by atoms with E-state index in [9.17, 15) is 38.4 Å². The Hall–Kier alpha value is -5.66. The first-order valence-corrected chi connectivity index (χ1v) is 17.0. The van der Waals surface area contributed by atoms with Crippen molar-refractivity contribution in [2.24, 2.45) is 11.8 Å². The summed E-state index contributed by atoms with van der Waals surface area (Å²) in [5.41, 5.74) is 0.589. The predicted molar refractivity (Wildman–Crippen MR) is 189 cm³/mol. The van der Waals surface area contributed by atoms with Crippen LogP contribution < -0.4 is 10.6 Å². The molecular weight excluding hydrogens is 672 g/mol. The molecule has 0 saturated carbocycles. The molecule has 2 aromatic rings. The highest BCUT2D eigenvalue weighted by atomic mass is 16.5. The Morgan fingerprint density at radius 1 is 0.596 bits per heavy atom. The molecule has 14 nitrogen and oxygen atoms in total. The maximum atomic E-state index is 14.1. The predicted octanol–water partition coefficient (Wildman–Crippen LogP) is 3.33. The molecule has 6 amide bonds. The molecule has 2 heterocycles. The number of amides is 6. The molecular formula is C38H44N4O10. The highest BCUT2D eigenvalue weighted by Gasteiger charge is 2.46. The second kappa shape index (κ2) is 16.1. The highest BCUT2D eigenvalue weighted by molar-refractivity contribution is 6.34. The summed E-state index contributed by atoms with van der Waals surface area (Å²) in [5, 5.41) is 5.29. The van der Waals surface area contributed by atoms with Crippen LogP contribution in [0, 0.1) is 11.8 Å². The molecule has 2 aliphatic rings. The second-order valence-electron chi connectivity index (χ2n) is 13.7. The van der Waals surface area contributed by atoms with Crippen molar-refractivity contribution in [2.45, 2.75) is 66.5 Å². The number of esters is 2. The summed E-state index contributed by atoms with van der Waals surface area (Å²) in [6, 6.07) is 2.85. The molecule has 2 unspecified atom stereocenters. The lowest BCUT2D eigenvalue weighted by Crippen LogP contribution is -2.53. The number of rotatable bonds is 16. The standard InChI is InChI=1S/C38H44N4O10/c1-19(2)17-27(37(49)51-15-13-39-31(43)21(5)6)41-33(45)23-9-11-25-30-26(12-10-24(29(23)30)34(41)46)36(48)42(35(25)47)28(18-20(3)4)38(50)52-16-14-40-32(44)22(7)8/h9-12,19-20,27-28H,5,7,13-18H2,1-4,6,8H3,(H,39,43)(H,40,44). The van der Waals surface area contributed by atoms with Gasteiger partial charge in [-0.1, -0.05) is 40.9 Å². The van der Waals surface area contributed by atoms with Gasteiger partial charge in [0, 0.05) is 44.2 Å². The summed E-state index contributed by atoms with van der Waals surface area (Å²) in [6.45, 7) is 17.0. The minimum atomic E-state index is -1.30. The number of carbonyl (C=O) groups is 8. The van der Waals surface area contributed by atoms with Crippen LogP contribution in [-0.2, 0) is 28.7 Å². The molecule has 0 saturated heterocycles. The first kappa shape index (κ1) is 39.1. The Morgan fingerprint density at radius 2 is 0.885 bits per heavy atom.